The number of rotatable bonds is 12. The summed E-state index contributed by atoms with van der Waals surface area (Å²) in [6.07, 6.45) is 3.07. The van der Waals surface area contributed by atoms with Gasteiger partial charge in [0.2, 0.25) is 0 Å². The molecule has 6 heteroatoms. The molecule has 0 aliphatic rings. The lowest BCUT2D eigenvalue weighted by Crippen LogP contribution is -2.37. The summed E-state index contributed by atoms with van der Waals surface area (Å²) in [4.78, 5) is 4.24. The van der Waals surface area contributed by atoms with Crippen molar-refractivity contribution in [1.82, 2.24) is 10.6 Å². The van der Waals surface area contributed by atoms with E-state index < -0.39 is 0 Å². The predicted octanol–water partition coefficient (Wildman–Crippen LogP) is 2.97. The Bertz CT molecular complexity index is 507. The molecule has 1 aromatic carbocycles. The van der Waals surface area contributed by atoms with E-state index in [1.165, 1.54) is 0 Å². The summed E-state index contributed by atoms with van der Waals surface area (Å²) >= 11 is 0. The molecule has 0 atom stereocenters. The highest BCUT2D eigenvalue weighted by atomic mass is 16.5. The van der Waals surface area contributed by atoms with Crippen LogP contribution in [0.25, 0.3) is 0 Å². The van der Waals surface area contributed by atoms with Crippen molar-refractivity contribution in [3.63, 3.8) is 0 Å². The highest BCUT2D eigenvalue weighted by Crippen LogP contribution is 2.28. The Morgan fingerprint density at radius 2 is 1.92 bits per heavy atom. The van der Waals surface area contributed by atoms with Gasteiger partial charge in [-0.25, -0.2) is 0 Å². The number of hydrogen-bond donors (Lipinski definition) is 2. The molecule has 0 saturated heterocycles. The summed E-state index contributed by atoms with van der Waals surface area (Å²) < 4.78 is 16.4. The summed E-state index contributed by atoms with van der Waals surface area (Å²) in [5.74, 6) is 2.33. The Hall–Kier alpha value is -1.95. The van der Waals surface area contributed by atoms with Gasteiger partial charge in [-0.15, -0.1) is 0 Å². The fraction of sp³-hybridized carbons (Fsp3) is 0.632. The van der Waals surface area contributed by atoms with E-state index in [1.807, 2.05) is 25.1 Å². The third kappa shape index (κ3) is 8.63. The molecule has 0 fully saturated rings. The molecule has 0 aliphatic carbocycles. The SMILES string of the molecule is CCCOc1ccc(CNC(=NC)NCCCCOCC)cc1OC. The molecular weight excluding hydrogens is 318 g/mol. The maximum Gasteiger partial charge on any atom is 0.191 e. The minimum absolute atomic E-state index is 0.670. The van der Waals surface area contributed by atoms with Gasteiger partial charge in [0.1, 0.15) is 0 Å². The van der Waals surface area contributed by atoms with Crippen LogP contribution in [0.2, 0.25) is 0 Å². The zero-order chi connectivity index (χ0) is 18.3. The third-order valence-corrected chi connectivity index (χ3v) is 3.59. The van der Waals surface area contributed by atoms with Gasteiger partial charge in [0.25, 0.3) is 0 Å². The number of benzene rings is 1. The molecule has 0 saturated carbocycles. The van der Waals surface area contributed by atoms with Crippen molar-refractivity contribution in [3.05, 3.63) is 23.8 Å². The van der Waals surface area contributed by atoms with E-state index in [1.54, 1.807) is 14.2 Å². The van der Waals surface area contributed by atoms with Crippen LogP contribution in [0.3, 0.4) is 0 Å². The monoisotopic (exact) mass is 351 g/mol. The average Bonchev–Trinajstić information content (AvgIpc) is 2.65. The fourth-order valence-electron chi connectivity index (χ4n) is 2.24. The number of nitrogens with zero attached hydrogens (tertiary/aromatic N) is 1. The number of ether oxygens (including phenoxy) is 3. The first-order chi connectivity index (χ1) is 12.2. The molecule has 0 amide bonds. The Morgan fingerprint density at radius 1 is 1.08 bits per heavy atom. The molecule has 0 aliphatic heterocycles. The van der Waals surface area contributed by atoms with Gasteiger partial charge in [-0.1, -0.05) is 13.0 Å². The number of guanidine groups is 1. The first kappa shape index (κ1) is 21.1. The summed E-state index contributed by atoms with van der Waals surface area (Å²) in [7, 11) is 3.44. The lowest BCUT2D eigenvalue weighted by atomic mass is 10.2. The van der Waals surface area contributed by atoms with Gasteiger partial charge in [0.05, 0.1) is 13.7 Å². The lowest BCUT2D eigenvalue weighted by Gasteiger charge is -2.14. The molecule has 1 aromatic rings. The molecule has 0 bridgehead atoms. The van der Waals surface area contributed by atoms with Crippen LogP contribution >= 0.6 is 0 Å². The van der Waals surface area contributed by atoms with Crippen molar-refractivity contribution < 1.29 is 14.2 Å². The molecule has 0 unspecified atom stereocenters. The number of aliphatic imine (C=N–C) groups is 1. The second kappa shape index (κ2) is 13.4. The quantitative estimate of drug-likeness (QED) is 0.344. The first-order valence-corrected chi connectivity index (χ1v) is 9.07. The van der Waals surface area contributed by atoms with Crippen LogP contribution in [-0.4, -0.2) is 46.5 Å². The number of unbranched alkanes of at least 4 members (excludes halogenated alkanes) is 1. The standard InChI is InChI=1S/C19H33N3O3/c1-5-12-25-17-10-9-16(14-18(17)23-4)15-22-19(20-3)21-11-7-8-13-24-6-2/h9-10,14H,5-8,11-13,15H2,1-4H3,(H2,20,21,22). The van der Waals surface area contributed by atoms with Gasteiger partial charge >= 0.3 is 0 Å². The Kier molecular flexibility index (Phi) is 11.3. The second-order valence-corrected chi connectivity index (χ2v) is 5.59. The summed E-state index contributed by atoms with van der Waals surface area (Å²) in [6, 6.07) is 5.98. The number of nitrogens with one attached hydrogen (secondary N) is 2. The summed E-state index contributed by atoms with van der Waals surface area (Å²) in [5, 5.41) is 6.62. The topological polar surface area (TPSA) is 64.1 Å². The maximum absolute atomic E-state index is 5.68. The molecule has 6 nitrogen and oxygen atoms in total. The second-order valence-electron chi connectivity index (χ2n) is 5.59. The van der Waals surface area contributed by atoms with Crippen molar-refractivity contribution in [2.24, 2.45) is 4.99 Å². The minimum atomic E-state index is 0.670. The van der Waals surface area contributed by atoms with Crippen LogP contribution < -0.4 is 20.1 Å². The van der Waals surface area contributed by atoms with E-state index in [4.69, 9.17) is 14.2 Å². The molecular formula is C19H33N3O3. The van der Waals surface area contributed by atoms with E-state index in [-0.39, 0.29) is 0 Å². The Balaban J connectivity index is 2.41. The van der Waals surface area contributed by atoms with Crippen LogP contribution in [0.15, 0.2) is 23.2 Å². The smallest absolute Gasteiger partial charge is 0.191 e. The van der Waals surface area contributed by atoms with Crippen molar-refractivity contribution in [1.29, 1.82) is 0 Å². The van der Waals surface area contributed by atoms with Crippen LogP contribution in [0, 0.1) is 0 Å². The predicted molar refractivity (Wildman–Crippen MR) is 103 cm³/mol. The molecule has 0 radical (unpaired) electrons. The van der Waals surface area contributed by atoms with Crippen molar-refractivity contribution >= 4 is 5.96 Å². The van der Waals surface area contributed by atoms with Crippen LogP contribution in [-0.2, 0) is 11.3 Å². The summed E-state index contributed by atoms with van der Waals surface area (Å²) in [5.41, 5.74) is 1.11. The lowest BCUT2D eigenvalue weighted by molar-refractivity contribution is 0.143. The van der Waals surface area contributed by atoms with Gasteiger partial charge in [-0.05, 0) is 43.9 Å². The van der Waals surface area contributed by atoms with Gasteiger partial charge in [0.15, 0.2) is 17.5 Å². The molecule has 0 aromatic heterocycles. The molecule has 2 N–H and O–H groups in total. The maximum atomic E-state index is 5.68. The van der Waals surface area contributed by atoms with Crippen LogP contribution in [0.5, 0.6) is 11.5 Å². The molecule has 1 rings (SSSR count). The number of methoxy groups -OCH3 is 1. The van der Waals surface area contributed by atoms with E-state index in [0.717, 1.165) is 62.0 Å². The van der Waals surface area contributed by atoms with Crippen LogP contribution in [0.4, 0.5) is 0 Å². The van der Waals surface area contributed by atoms with E-state index >= 15 is 0 Å². The third-order valence-electron chi connectivity index (χ3n) is 3.59. The van der Waals surface area contributed by atoms with E-state index in [2.05, 4.69) is 22.5 Å². The zero-order valence-electron chi connectivity index (χ0n) is 16.1. The van der Waals surface area contributed by atoms with Gasteiger partial charge < -0.3 is 24.8 Å². The Labute approximate surface area is 152 Å². The van der Waals surface area contributed by atoms with E-state index in [9.17, 15) is 0 Å². The van der Waals surface area contributed by atoms with E-state index in [0.29, 0.717) is 13.2 Å². The van der Waals surface area contributed by atoms with Gasteiger partial charge in [-0.3, -0.25) is 4.99 Å². The normalized spacial score (nSPS) is 11.3. The average molecular weight is 351 g/mol. The van der Waals surface area contributed by atoms with Gasteiger partial charge in [-0.2, -0.15) is 0 Å². The van der Waals surface area contributed by atoms with Crippen molar-refractivity contribution in [2.45, 2.75) is 39.7 Å². The van der Waals surface area contributed by atoms with Gasteiger partial charge in [0, 0.05) is 33.4 Å². The fourth-order valence-corrected chi connectivity index (χ4v) is 2.24. The largest absolute Gasteiger partial charge is 0.493 e. The number of hydrogen-bond acceptors (Lipinski definition) is 4. The molecule has 25 heavy (non-hydrogen) atoms. The summed E-state index contributed by atoms with van der Waals surface area (Å²) in [6.45, 7) is 7.93. The molecule has 0 spiro atoms. The van der Waals surface area contributed by atoms with Crippen LogP contribution in [0.1, 0.15) is 38.7 Å². The zero-order valence-corrected chi connectivity index (χ0v) is 16.1. The highest BCUT2D eigenvalue weighted by Gasteiger charge is 2.06. The Morgan fingerprint density at radius 3 is 2.60 bits per heavy atom. The van der Waals surface area contributed by atoms with Crippen molar-refractivity contribution in [2.75, 3.05) is 40.5 Å². The first-order valence-electron chi connectivity index (χ1n) is 9.07. The highest BCUT2D eigenvalue weighted by molar-refractivity contribution is 5.79. The van der Waals surface area contributed by atoms with Crippen molar-refractivity contribution in [3.8, 4) is 11.5 Å². The minimum Gasteiger partial charge on any atom is -0.493 e. The molecule has 142 valence electrons. The molecule has 0 heterocycles.